The molecule has 1 atom stereocenters. The summed E-state index contributed by atoms with van der Waals surface area (Å²) < 4.78 is 15.8. The van der Waals surface area contributed by atoms with Gasteiger partial charge in [-0.05, 0) is 109 Å². The molecule has 0 fully saturated rings. The SMILES string of the molecule is CCCCCCCC/C=C\CCCCCCC(C(=O)O)C(C)C.CCCCCCCC/C=C\CCCCCCCC(=O)O.CCCCCCCC/C=C\CCCCCCCC(=O)O.CCCCCOO.[O]=[Ti][OH]. The fraction of sp³-hybridized carbons (Fsp3) is 0.855. The third kappa shape index (κ3) is 89.9. The molecule has 0 aromatic rings. The molecular formula is C62H121O10Ti. The topological polar surface area (TPSA) is 179 Å². The van der Waals surface area contributed by atoms with Crippen LogP contribution in [0.25, 0.3) is 0 Å². The molecule has 0 aliphatic rings. The van der Waals surface area contributed by atoms with E-state index in [-0.39, 0.29) is 11.8 Å². The van der Waals surface area contributed by atoms with Crippen LogP contribution < -0.4 is 0 Å². The zero-order valence-electron chi connectivity index (χ0n) is 48.7. The van der Waals surface area contributed by atoms with Crippen LogP contribution in [0, 0.1) is 11.8 Å². The van der Waals surface area contributed by atoms with E-state index in [1.54, 1.807) is 0 Å². The summed E-state index contributed by atoms with van der Waals surface area (Å²) in [5, 5.41) is 33.9. The monoisotopic (exact) mass is 1070 g/mol. The molecule has 0 spiro atoms. The van der Waals surface area contributed by atoms with E-state index in [1.165, 1.54) is 218 Å². The normalized spacial score (nSPS) is 11.3. The molecule has 73 heavy (non-hydrogen) atoms. The number of hydrogen-bond acceptors (Lipinski definition) is 6. The van der Waals surface area contributed by atoms with Gasteiger partial charge in [0.1, 0.15) is 0 Å². The van der Waals surface area contributed by atoms with Gasteiger partial charge in [-0.2, -0.15) is 0 Å². The molecule has 0 aliphatic carbocycles. The summed E-state index contributed by atoms with van der Waals surface area (Å²) in [6, 6.07) is 0. The summed E-state index contributed by atoms with van der Waals surface area (Å²) in [5.41, 5.74) is 0. The summed E-state index contributed by atoms with van der Waals surface area (Å²) in [7, 11) is 0. The second-order valence-corrected chi connectivity index (χ2v) is 20.6. The molecule has 0 radical (unpaired) electrons. The number of aliphatic carboxylic acids is 3. The number of rotatable bonds is 50. The average Bonchev–Trinajstić information content (AvgIpc) is 3.35. The molecule has 11 heteroatoms. The van der Waals surface area contributed by atoms with Crippen molar-refractivity contribution in [2.45, 2.75) is 324 Å². The van der Waals surface area contributed by atoms with Crippen LogP contribution in [0.2, 0.25) is 0 Å². The number of allylic oxidation sites excluding steroid dienone is 6. The van der Waals surface area contributed by atoms with Gasteiger partial charge in [0.05, 0.1) is 12.5 Å². The van der Waals surface area contributed by atoms with Crippen molar-refractivity contribution in [2.75, 3.05) is 6.61 Å². The fourth-order valence-electron chi connectivity index (χ4n) is 8.11. The van der Waals surface area contributed by atoms with Crippen LogP contribution in [-0.2, 0) is 42.1 Å². The fourth-order valence-corrected chi connectivity index (χ4v) is 8.11. The first kappa shape index (κ1) is 79.9. The number of carbonyl (C=O) groups is 3. The molecule has 0 bridgehead atoms. The van der Waals surface area contributed by atoms with Crippen LogP contribution in [0.5, 0.6) is 0 Å². The summed E-state index contributed by atoms with van der Waals surface area (Å²) in [6.45, 7) is 13.4. The van der Waals surface area contributed by atoms with Gasteiger partial charge < -0.3 is 15.3 Å². The van der Waals surface area contributed by atoms with Gasteiger partial charge in [-0.3, -0.25) is 19.6 Å². The molecular weight excluding hydrogens is 953 g/mol. The van der Waals surface area contributed by atoms with Crippen molar-refractivity contribution >= 4 is 17.9 Å². The first-order valence-corrected chi connectivity index (χ1v) is 31.7. The molecule has 0 aliphatic heterocycles. The third-order valence-electron chi connectivity index (χ3n) is 12.8. The molecule has 0 rings (SSSR count). The van der Waals surface area contributed by atoms with Gasteiger partial charge in [-0.1, -0.05) is 245 Å². The minimum atomic E-state index is -1.75. The molecule has 0 aromatic heterocycles. The zero-order chi connectivity index (χ0) is 55.4. The molecule has 10 nitrogen and oxygen atoms in total. The van der Waals surface area contributed by atoms with Crippen molar-refractivity contribution in [3.63, 3.8) is 0 Å². The summed E-state index contributed by atoms with van der Waals surface area (Å²) in [6.07, 6.45) is 66.6. The Morgan fingerprint density at radius 2 is 0.630 bits per heavy atom. The number of carboxylic acid groups (broad SMARTS) is 3. The quantitative estimate of drug-likeness (QED) is 0.0129. The molecule has 0 amide bonds. The van der Waals surface area contributed by atoms with Gasteiger partial charge in [-0.15, -0.1) is 0 Å². The van der Waals surface area contributed by atoms with Crippen molar-refractivity contribution < 1.29 is 66.4 Å². The van der Waals surface area contributed by atoms with Gasteiger partial charge in [0, 0.05) is 12.8 Å². The van der Waals surface area contributed by atoms with Gasteiger partial charge in [0.15, 0.2) is 0 Å². The molecule has 5 N–H and O–H groups in total. The van der Waals surface area contributed by atoms with Crippen molar-refractivity contribution in [1.29, 1.82) is 0 Å². The van der Waals surface area contributed by atoms with Crippen molar-refractivity contribution in [2.24, 2.45) is 11.8 Å². The summed E-state index contributed by atoms with van der Waals surface area (Å²) in [4.78, 5) is 35.6. The molecule has 0 saturated carbocycles. The van der Waals surface area contributed by atoms with Gasteiger partial charge >= 0.3 is 44.4 Å². The Hall–Kier alpha value is -1.98. The zero-order valence-corrected chi connectivity index (χ0v) is 50.3. The maximum atomic E-state index is 11.1. The Labute approximate surface area is 460 Å². The molecule has 0 aromatic carbocycles. The first-order chi connectivity index (χ1) is 35.5. The maximum absolute atomic E-state index is 11.1. The minimum absolute atomic E-state index is 0.160. The Morgan fingerprint density at radius 3 is 0.863 bits per heavy atom. The van der Waals surface area contributed by atoms with Crippen LogP contribution >= 0.6 is 0 Å². The van der Waals surface area contributed by atoms with E-state index in [2.05, 4.69) is 69.0 Å². The first-order valence-electron chi connectivity index (χ1n) is 30.4. The Balaban J connectivity index is -0.000000289. The predicted octanol–water partition coefficient (Wildman–Crippen LogP) is 20.2. The van der Waals surface area contributed by atoms with Crippen LogP contribution in [0.15, 0.2) is 36.5 Å². The second kappa shape index (κ2) is 76.5. The predicted molar refractivity (Wildman–Crippen MR) is 306 cm³/mol. The molecule has 0 saturated heterocycles. The van der Waals surface area contributed by atoms with Crippen LogP contribution in [0.3, 0.4) is 0 Å². The van der Waals surface area contributed by atoms with Gasteiger partial charge in [0.2, 0.25) is 0 Å². The van der Waals surface area contributed by atoms with Gasteiger partial charge in [-0.25, -0.2) is 4.89 Å². The van der Waals surface area contributed by atoms with E-state index in [0.29, 0.717) is 19.4 Å². The second-order valence-electron chi connectivity index (χ2n) is 20.3. The summed E-state index contributed by atoms with van der Waals surface area (Å²) in [5.74, 6) is -1.87. The summed E-state index contributed by atoms with van der Waals surface area (Å²) >= 11 is -1.75. The third-order valence-corrected chi connectivity index (χ3v) is 12.8. The van der Waals surface area contributed by atoms with E-state index in [9.17, 15) is 14.4 Å². The number of unbranched alkanes of at least 4 members (excludes halogenated alkanes) is 34. The van der Waals surface area contributed by atoms with E-state index in [0.717, 1.165) is 51.4 Å². The van der Waals surface area contributed by atoms with Crippen molar-refractivity contribution in [3.8, 4) is 0 Å². The Morgan fingerprint density at radius 1 is 0.397 bits per heavy atom. The number of hydrogen-bond donors (Lipinski definition) is 5. The van der Waals surface area contributed by atoms with Crippen LogP contribution in [0.1, 0.15) is 324 Å². The van der Waals surface area contributed by atoms with E-state index in [4.69, 9.17) is 27.6 Å². The molecule has 1 unspecified atom stereocenters. The number of carboxylic acids is 3. The Kier molecular flexibility index (Phi) is 83.8. The Bertz CT molecular complexity index is 1100. The molecule has 433 valence electrons. The van der Waals surface area contributed by atoms with E-state index >= 15 is 0 Å². The van der Waals surface area contributed by atoms with E-state index in [1.807, 2.05) is 13.8 Å². The van der Waals surface area contributed by atoms with Crippen LogP contribution in [-0.4, -0.2) is 48.8 Å². The van der Waals surface area contributed by atoms with Gasteiger partial charge in [0.25, 0.3) is 0 Å². The standard InChI is InChI=1S/C21H40O2.2C18H34O2.C5H12O2.H2O.O.Ti/c1-4-5-6-7-8-9-10-11-12-13-14-15-16-17-18-20(19(2)3)21(22)23;2*1-2-3-4-5-6-7-8-9-10-11-12-13-14-15-16-17-18(19)20;1-2-3-4-5-7-6;;;/h11-12,19-20H,4-10,13-18H2,1-3H3,(H,22,23);2*9-10H,2-8,11-17H2,1H3,(H,19,20);6H,2-5H2,1H3;1H2;;/q;;;;;;+1/p-1/b12-11-;2*10-9-;;;;. The van der Waals surface area contributed by atoms with Crippen molar-refractivity contribution in [3.05, 3.63) is 36.5 Å². The van der Waals surface area contributed by atoms with E-state index < -0.39 is 37.4 Å². The van der Waals surface area contributed by atoms with Crippen LogP contribution in [0.4, 0.5) is 0 Å². The van der Waals surface area contributed by atoms with Crippen molar-refractivity contribution in [1.82, 2.24) is 0 Å². The average molecular weight is 1070 g/mol. The molecule has 0 heterocycles.